The van der Waals surface area contributed by atoms with E-state index in [1.807, 2.05) is 33.8 Å². The Labute approximate surface area is 79.7 Å². The molecule has 3 nitrogen and oxygen atoms in total. The van der Waals surface area contributed by atoms with Crippen LogP contribution in [0.3, 0.4) is 0 Å². The molecule has 0 aliphatic heterocycles. The lowest BCUT2D eigenvalue weighted by Gasteiger charge is -1.98. The van der Waals surface area contributed by atoms with Gasteiger partial charge in [0.15, 0.2) is 0 Å². The third-order valence-corrected chi connectivity index (χ3v) is 1.35. The fourth-order valence-electron chi connectivity index (χ4n) is 0.807. The molecule has 0 atom stereocenters. The SMILES string of the molecule is CC.CC=Nc1cc(N)cnc1C. The zero-order valence-corrected chi connectivity index (χ0v) is 8.70. The van der Waals surface area contributed by atoms with Crippen LogP contribution in [0, 0.1) is 6.92 Å². The number of nitrogens with zero attached hydrogens (tertiary/aromatic N) is 2. The van der Waals surface area contributed by atoms with E-state index >= 15 is 0 Å². The Morgan fingerprint density at radius 1 is 1.46 bits per heavy atom. The summed E-state index contributed by atoms with van der Waals surface area (Å²) in [6, 6.07) is 1.81. The maximum absolute atomic E-state index is 5.52. The fourth-order valence-corrected chi connectivity index (χ4v) is 0.807. The summed E-state index contributed by atoms with van der Waals surface area (Å²) in [7, 11) is 0. The van der Waals surface area contributed by atoms with E-state index < -0.39 is 0 Å². The van der Waals surface area contributed by atoms with Crippen molar-refractivity contribution in [3.8, 4) is 0 Å². The fraction of sp³-hybridized carbons (Fsp3) is 0.400. The number of rotatable bonds is 1. The number of anilines is 1. The number of aryl methyl sites for hydroxylation is 1. The quantitative estimate of drug-likeness (QED) is 0.674. The number of hydrogen-bond donors (Lipinski definition) is 1. The van der Waals surface area contributed by atoms with Crippen LogP contribution in [0.25, 0.3) is 0 Å². The Morgan fingerprint density at radius 3 is 2.62 bits per heavy atom. The highest BCUT2D eigenvalue weighted by Crippen LogP contribution is 2.17. The van der Waals surface area contributed by atoms with Gasteiger partial charge in [0.1, 0.15) is 0 Å². The van der Waals surface area contributed by atoms with Gasteiger partial charge >= 0.3 is 0 Å². The van der Waals surface area contributed by atoms with E-state index in [9.17, 15) is 0 Å². The van der Waals surface area contributed by atoms with Gasteiger partial charge in [0.2, 0.25) is 0 Å². The van der Waals surface area contributed by atoms with E-state index in [0.717, 1.165) is 11.4 Å². The molecule has 1 rings (SSSR count). The standard InChI is InChI=1S/C8H11N3.C2H6/c1-3-10-8-4-7(9)5-11-6(8)2;1-2/h3-5H,9H2,1-2H3;1-2H3. The molecule has 0 bridgehead atoms. The molecule has 1 aromatic rings. The van der Waals surface area contributed by atoms with Gasteiger partial charge in [-0.3, -0.25) is 9.98 Å². The average Bonchev–Trinajstić information content (AvgIpc) is 2.15. The van der Waals surface area contributed by atoms with Crippen LogP contribution in [0.5, 0.6) is 0 Å². The highest BCUT2D eigenvalue weighted by atomic mass is 14.8. The van der Waals surface area contributed by atoms with Crippen molar-refractivity contribution in [2.45, 2.75) is 27.7 Å². The van der Waals surface area contributed by atoms with Crippen LogP contribution in [0.15, 0.2) is 17.3 Å². The van der Waals surface area contributed by atoms with Gasteiger partial charge in [-0.05, 0) is 19.9 Å². The molecule has 72 valence electrons. The molecule has 0 saturated carbocycles. The third-order valence-electron chi connectivity index (χ3n) is 1.35. The zero-order chi connectivity index (χ0) is 10.3. The first kappa shape index (κ1) is 11.6. The van der Waals surface area contributed by atoms with Crippen molar-refractivity contribution in [3.63, 3.8) is 0 Å². The molecular weight excluding hydrogens is 162 g/mol. The van der Waals surface area contributed by atoms with Crippen molar-refractivity contribution in [3.05, 3.63) is 18.0 Å². The largest absolute Gasteiger partial charge is 0.397 e. The van der Waals surface area contributed by atoms with Crippen LogP contribution in [0.2, 0.25) is 0 Å². The second-order valence-corrected chi connectivity index (χ2v) is 2.26. The number of aliphatic imine (C=N–C) groups is 1. The molecule has 0 aromatic carbocycles. The summed E-state index contributed by atoms with van der Waals surface area (Å²) in [5.74, 6) is 0. The molecule has 0 amide bonds. The van der Waals surface area contributed by atoms with Crippen LogP contribution in [0.1, 0.15) is 26.5 Å². The summed E-state index contributed by atoms with van der Waals surface area (Å²) >= 11 is 0. The summed E-state index contributed by atoms with van der Waals surface area (Å²) in [5.41, 5.74) is 7.91. The molecule has 2 N–H and O–H groups in total. The van der Waals surface area contributed by atoms with Gasteiger partial charge in [0.25, 0.3) is 0 Å². The number of pyridine rings is 1. The Bertz CT molecular complexity index is 279. The van der Waals surface area contributed by atoms with Crippen LogP contribution < -0.4 is 5.73 Å². The van der Waals surface area contributed by atoms with Gasteiger partial charge in [-0.1, -0.05) is 13.8 Å². The van der Waals surface area contributed by atoms with Crippen LogP contribution in [-0.4, -0.2) is 11.2 Å². The van der Waals surface area contributed by atoms with Gasteiger partial charge in [0.05, 0.1) is 23.3 Å². The number of hydrogen-bond acceptors (Lipinski definition) is 3. The highest BCUT2D eigenvalue weighted by Gasteiger charge is 1.95. The molecule has 0 saturated heterocycles. The van der Waals surface area contributed by atoms with E-state index in [-0.39, 0.29) is 0 Å². The summed E-state index contributed by atoms with van der Waals surface area (Å²) in [6.07, 6.45) is 3.35. The molecule has 1 aromatic heterocycles. The van der Waals surface area contributed by atoms with Crippen molar-refractivity contribution >= 4 is 17.6 Å². The normalized spacial score (nSPS) is 9.54. The minimum atomic E-state index is 0.649. The molecule has 0 aliphatic carbocycles. The molecule has 1 heterocycles. The van der Waals surface area contributed by atoms with Gasteiger partial charge in [0, 0.05) is 6.21 Å². The highest BCUT2D eigenvalue weighted by molar-refractivity contribution is 5.63. The lowest BCUT2D eigenvalue weighted by atomic mass is 10.3. The number of nitrogens with two attached hydrogens (primary N) is 1. The van der Waals surface area contributed by atoms with Gasteiger partial charge in [-0.2, -0.15) is 0 Å². The second kappa shape index (κ2) is 6.17. The van der Waals surface area contributed by atoms with E-state index in [1.165, 1.54) is 0 Å². The Hall–Kier alpha value is -1.38. The molecule has 13 heavy (non-hydrogen) atoms. The lowest BCUT2D eigenvalue weighted by molar-refractivity contribution is 1.19. The minimum Gasteiger partial charge on any atom is -0.397 e. The first-order chi connectivity index (χ1) is 6.24. The molecule has 0 fully saturated rings. The van der Waals surface area contributed by atoms with E-state index in [1.54, 1.807) is 12.4 Å². The first-order valence-electron chi connectivity index (χ1n) is 4.45. The Balaban J connectivity index is 0.000000671. The summed E-state index contributed by atoms with van der Waals surface area (Å²) in [4.78, 5) is 8.16. The van der Waals surface area contributed by atoms with Crippen LogP contribution >= 0.6 is 0 Å². The summed E-state index contributed by atoms with van der Waals surface area (Å²) in [6.45, 7) is 7.77. The molecule has 0 unspecified atom stereocenters. The van der Waals surface area contributed by atoms with Gasteiger partial charge in [-0.15, -0.1) is 0 Å². The smallest absolute Gasteiger partial charge is 0.0858 e. The summed E-state index contributed by atoms with van der Waals surface area (Å²) in [5, 5.41) is 0. The van der Waals surface area contributed by atoms with Crippen LogP contribution in [0.4, 0.5) is 11.4 Å². The first-order valence-corrected chi connectivity index (χ1v) is 4.45. The molecular formula is C10H17N3. The van der Waals surface area contributed by atoms with E-state index in [4.69, 9.17) is 5.73 Å². The summed E-state index contributed by atoms with van der Waals surface area (Å²) < 4.78 is 0. The number of aromatic nitrogens is 1. The van der Waals surface area contributed by atoms with Crippen molar-refractivity contribution in [2.24, 2.45) is 4.99 Å². The average molecular weight is 179 g/mol. The molecule has 0 aliphatic rings. The van der Waals surface area contributed by atoms with Crippen molar-refractivity contribution in [1.82, 2.24) is 4.98 Å². The maximum atomic E-state index is 5.52. The molecule has 0 spiro atoms. The predicted molar refractivity (Wildman–Crippen MR) is 58.6 cm³/mol. The molecule has 3 heteroatoms. The van der Waals surface area contributed by atoms with E-state index in [0.29, 0.717) is 5.69 Å². The Morgan fingerprint density at radius 2 is 2.08 bits per heavy atom. The number of nitrogen functional groups attached to an aromatic ring is 1. The van der Waals surface area contributed by atoms with Crippen molar-refractivity contribution in [2.75, 3.05) is 5.73 Å². The van der Waals surface area contributed by atoms with Crippen molar-refractivity contribution < 1.29 is 0 Å². The third kappa shape index (κ3) is 3.69. The van der Waals surface area contributed by atoms with Gasteiger partial charge in [-0.25, -0.2) is 0 Å². The zero-order valence-electron chi connectivity index (χ0n) is 8.70. The van der Waals surface area contributed by atoms with E-state index in [2.05, 4.69) is 9.98 Å². The topological polar surface area (TPSA) is 51.3 Å². The molecule has 0 radical (unpaired) electrons. The monoisotopic (exact) mass is 179 g/mol. The maximum Gasteiger partial charge on any atom is 0.0858 e. The van der Waals surface area contributed by atoms with Crippen LogP contribution in [-0.2, 0) is 0 Å². The predicted octanol–water partition coefficient (Wildman–Crippen LogP) is 2.72. The minimum absolute atomic E-state index is 0.649. The second-order valence-electron chi connectivity index (χ2n) is 2.26. The van der Waals surface area contributed by atoms with Crippen molar-refractivity contribution in [1.29, 1.82) is 0 Å². The Kier molecular flexibility index (Phi) is 5.52. The lowest BCUT2D eigenvalue weighted by Crippen LogP contribution is -1.88. The van der Waals surface area contributed by atoms with Gasteiger partial charge < -0.3 is 5.73 Å².